The van der Waals surface area contributed by atoms with E-state index in [2.05, 4.69) is 15.9 Å². The fraction of sp³-hybridized carbons (Fsp3) is 0.0952. The van der Waals surface area contributed by atoms with Crippen molar-refractivity contribution in [1.29, 1.82) is 0 Å². The molecule has 25 heavy (non-hydrogen) atoms. The van der Waals surface area contributed by atoms with Gasteiger partial charge in [-0.2, -0.15) is 0 Å². The predicted octanol–water partition coefficient (Wildman–Crippen LogP) is 5.42. The van der Waals surface area contributed by atoms with Crippen LogP contribution >= 0.6 is 15.9 Å². The molecule has 0 radical (unpaired) electrons. The second-order valence-electron chi connectivity index (χ2n) is 5.50. The van der Waals surface area contributed by atoms with Gasteiger partial charge in [0, 0.05) is 5.56 Å². The number of halogens is 1. The van der Waals surface area contributed by atoms with Crippen LogP contribution in [0.1, 0.15) is 21.5 Å². The molecular formula is C21H17BrO3. The van der Waals surface area contributed by atoms with Crippen molar-refractivity contribution in [3.63, 3.8) is 0 Å². The van der Waals surface area contributed by atoms with E-state index < -0.39 is 0 Å². The zero-order chi connectivity index (χ0) is 17.5. The first-order valence-corrected chi connectivity index (χ1v) is 8.68. The van der Waals surface area contributed by atoms with Crippen LogP contribution in [0.2, 0.25) is 0 Å². The average molecular weight is 397 g/mol. The molecule has 0 aliphatic carbocycles. The summed E-state index contributed by atoms with van der Waals surface area (Å²) in [6.45, 7) is 0.833. The van der Waals surface area contributed by atoms with Gasteiger partial charge in [0.1, 0.15) is 35.5 Å². The summed E-state index contributed by atoms with van der Waals surface area (Å²) in [4.78, 5) is 11.2. The maximum atomic E-state index is 11.2. The average Bonchev–Trinajstić information content (AvgIpc) is 2.68. The summed E-state index contributed by atoms with van der Waals surface area (Å²) in [7, 11) is 0. The highest BCUT2D eigenvalue weighted by atomic mass is 79.9. The van der Waals surface area contributed by atoms with Crippen molar-refractivity contribution in [2.75, 3.05) is 0 Å². The minimum atomic E-state index is 0.417. The van der Waals surface area contributed by atoms with Gasteiger partial charge < -0.3 is 9.47 Å². The SMILES string of the molecule is O=Cc1cc(OCc2ccccc2)c(Br)c(OCc2ccccc2)c1. The summed E-state index contributed by atoms with van der Waals surface area (Å²) in [6, 6.07) is 23.1. The number of rotatable bonds is 7. The zero-order valence-corrected chi connectivity index (χ0v) is 15.1. The highest BCUT2D eigenvalue weighted by Crippen LogP contribution is 2.36. The molecule has 0 saturated carbocycles. The van der Waals surface area contributed by atoms with Crippen molar-refractivity contribution in [2.45, 2.75) is 13.2 Å². The summed E-state index contributed by atoms with van der Waals surface area (Å²) in [6.07, 6.45) is 0.789. The fourth-order valence-electron chi connectivity index (χ4n) is 2.34. The molecule has 0 aliphatic heterocycles. The predicted molar refractivity (Wildman–Crippen MR) is 101 cm³/mol. The summed E-state index contributed by atoms with van der Waals surface area (Å²) in [5, 5.41) is 0. The van der Waals surface area contributed by atoms with E-state index in [-0.39, 0.29) is 0 Å². The first-order chi connectivity index (χ1) is 12.3. The van der Waals surface area contributed by atoms with Crippen LogP contribution in [0.15, 0.2) is 77.3 Å². The van der Waals surface area contributed by atoms with Crippen molar-refractivity contribution >= 4 is 22.2 Å². The van der Waals surface area contributed by atoms with Crippen LogP contribution in [0.4, 0.5) is 0 Å². The van der Waals surface area contributed by atoms with Crippen LogP contribution in [0, 0.1) is 0 Å². The van der Waals surface area contributed by atoms with Gasteiger partial charge in [-0.05, 0) is 39.2 Å². The molecule has 0 spiro atoms. The van der Waals surface area contributed by atoms with Crippen LogP contribution < -0.4 is 9.47 Å². The van der Waals surface area contributed by atoms with Gasteiger partial charge in [-0.3, -0.25) is 4.79 Å². The highest BCUT2D eigenvalue weighted by Gasteiger charge is 2.12. The normalized spacial score (nSPS) is 10.3. The molecule has 0 fully saturated rings. The fourth-order valence-corrected chi connectivity index (χ4v) is 2.80. The first kappa shape index (κ1) is 17.2. The molecule has 3 nitrogen and oxygen atoms in total. The topological polar surface area (TPSA) is 35.5 Å². The van der Waals surface area contributed by atoms with Gasteiger partial charge in [0.2, 0.25) is 0 Å². The van der Waals surface area contributed by atoms with Gasteiger partial charge >= 0.3 is 0 Å². The first-order valence-electron chi connectivity index (χ1n) is 7.88. The second kappa shape index (κ2) is 8.49. The quantitative estimate of drug-likeness (QED) is 0.500. The molecule has 3 aromatic rings. The maximum Gasteiger partial charge on any atom is 0.150 e. The lowest BCUT2D eigenvalue weighted by molar-refractivity contribution is 0.112. The Balaban J connectivity index is 1.77. The zero-order valence-electron chi connectivity index (χ0n) is 13.5. The third kappa shape index (κ3) is 4.70. The number of aldehydes is 1. The largest absolute Gasteiger partial charge is 0.488 e. The second-order valence-corrected chi connectivity index (χ2v) is 6.29. The Morgan fingerprint density at radius 3 is 1.60 bits per heavy atom. The Morgan fingerprint density at radius 2 is 1.20 bits per heavy atom. The van der Waals surface area contributed by atoms with Crippen LogP contribution in [-0.2, 0) is 13.2 Å². The van der Waals surface area contributed by atoms with Gasteiger partial charge in [-0.1, -0.05) is 60.7 Å². The summed E-state index contributed by atoms with van der Waals surface area (Å²) < 4.78 is 12.4. The number of carbonyl (C=O) groups excluding carboxylic acids is 1. The molecule has 0 atom stereocenters. The molecular weight excluding hydrogens is 380 g/mol. The molecule has 3 aromatic carbocycles. The van der Waals surface area contributed by atoms with Gasteiger partial charge in [0.25, 0.3) is 0 Å². The minimum Gasteiger partial charge on any atom is -0.488 e. The molecule has 0 amide bonds. The number of hydrogen-bond acceptors (Lipinski definition) is 3. The summed E-state index contributed by atoms with van der Waals surface area (Å²) >= 11 is 3.53. The molecule has 126 valence electrons. The van der Waals surface area contributed by atoms with E-state index in [1.54, 1.807) is 12.1 Å². The van der Waals surface area contributed by atoms with Crippen molar-refractivity contribution in [3.05, 3.63) is 94.0 Å². The van der Waals surface area contributed by atoms with Gasteiger partial charge in [-0.15, -0.1) is 0 Å². The van der Waals surface area contributed by atoms with E-state index in [4.69, 9.17) is 9.47 Å². The van der Waals surface area contributed by atoms with Gasteiger partial charge in [0.15, 0.2) is 0 Å². The Bertz CT molecular complexity index is 768. The molecule has 0 heterocycles. The van der Waals surface area contributed by atoms with Gasteiger partial charge in [0.05, 0.1) is 0 Å². The van der Waals surface area contributed by atoms with Gasteiger partial charge in [-0.25, -0.2) is 0 Å². The molecule has 0 unspecified atom stereocenters. The summed E-state index contributed by atoms with van der Waals surface area (Å²) in [5.74, 6) is 1.16. The Kier molecular flexibility index (Phi) is 5.86. The lowest BCUT2D eigenvalue weighted by atomic mass is 10.2. The van der Waals surface area contributed by atoms with Crippen LogP contribution in [0.3, 0.4) is 0 Å². The van der Waals surface area contributed by atoms with E-state index >= 15 is 0 Å². The smallest absolute Gasteiger partial charge is 0.150 e. The monoisotopic (exact) mass is 396 g/mol. The van der Waals surface area contributed by atoms with Crippen molar-refractivity contribution in [3.8, 4) is 11.5 Å². The Hall–Kier alpha value is -2.59. The lowest BCUT2D eigenvalue weighted by Crippen LogP contribution is -2.00. The van der Waals surface area contributed by atoms with Crippen LogP contribution in [0.5, 0.6) is 11.5 Å². The molecule has 0 bridgehead atoms. The lowest BCUT2D eigenvalue weighted by Gasteiger charge is -2.14. The van der Waals surface area contributed by atoms with Crippen LogP contribution in [-0.4, -0.2) is 6.29 Å². The third-order valence-corrected chi connectivity index (χ3v) is 4.42. The standard InChI is InChI=1S/C21H17BrO3/c22-21-19(24-14-16-7-3-1-4-8-16)11-18(13-23)12-20(21)25-15-17-9-5-2-6-10-17/h1-13H,14-15H2. The van der Waals surface area contributed by atoms with E-state index in [0.29, 0.717) is 34.7 Å². The van der Waals surface area contributed by atoms with E-state index in [9.17, 15) is 4.79 Å². The van der Waals surface area contributed by atoms with E-state index in [1.807, 2.05) is 60.7 Å². The maximum absolute atomic E-state index is 11.2. The molecule has 3 rings (SSSR count). The molecule has 4 heteroatoms. The van der Waals surface area contributed by atoms with Crippen molar-refractivity contribution in [1.82, 2.24) is 0 Å². The Morgan fingerprint density at radius 1 is 0.760 bits per heavy atom. The highest BCUT2D eigenvalue weighted by molar-refractivity contribution is 9.10. The number of ether oxygens (including phenoxy) is 2. The molecule has 0 N–H and O–H groups in total. The molecule has 0 aliphatic rings. The van der Waals surface area contributed by atoms with E-state index in [0.717, 1.165) is 17.4 Å². The van der Waals surface area contributed by atoms with Crippen molar-refractivity contribution in [2.24, 2.45) is 0 Å². The van der Waals surface area contributed by atoms with Crippen molar-refractivity contribution < 1.29 is 14.3 Å². The number of hydrogen-bond donors (Lipinski definition) is 0. The molecule has 0 saturated heterocycles. The van der Waals surface area contributed by atoms with Crippen LogP contribution in [0.25, 0.3) is 0 Å². The Labute approximate surface area is 155 Å². The number of carbonyl (C=O) groups is 1. The minimum absolute atomic E-state index is 0.417. The molecule has 0 aromatic heterocycles. The third-order valence-electron chi connectivity index (χ3n) is 3.64. The number of benzene rings is 3. The summed E-state index contributed by atoms with van der Waals surface area (Å²) in [5.41, 5.74) is 2.62. The van der Waals surface area contributed by atoms with E-state index in [1.165, 1.54) is 0 Å².